The predicted molar refractivity (Wildman–Crippen MR) is 107 cm³/mol. The lowest BCUT2D eigenvalue weighted by Crippen LogP contribution is -2.42. The topological polar surface area (TPSA) is 68.2 Å². The zero-order valence-electron chi connectivity index (χ0n) is 16.4. The lowest BCUT2D eigenvalue weighted by molar-refractivity contribution is -0.123. The first-order valence-electron chi connectivity index (χ1n) is 9.72. The molecule has 6 heteroatoms. The monoisotopic (exact) mass is 386 g/mol. The van der Waals surface area contributed by atoms with Crippen molar-refractivity contribution in [2.24, 2.45) is 5.92 Å². The van der Waals surface area contributed by atoms with Crippen LogP contribution < -0.4 is 10.9 Å². The fraction of sp³-hybridized carbons (Fsp3) is 0.409. The van der Waals surface area contributed by atoms with Crippen molar-refractivity contribution in [3.63, 3.8) is 0 Å². The highest BCUT2D eigenvalue weighted by Gasteiger charge is 2.30. The number of aromatic nitrogens is 1. The van der Waals surface area contributed by atoms with Gasteiger partial charge in [0.15, 0.2) is 11.8 Å². The minimum atomic E-state index is -1.33. The van der Waals surface area contributed by atoms with E-state index in [0.29, 0.717) is 12.5 Å². The summed E-state index contributed by atoms with van der Waals surface area (Å²) in [6.07, 6.45) is 5.49. The van der Waals surface area contributed by atoms with Crippen LogP contribution in [0.15, 0.2) is 53.5 Å². The van der Waals surface area contributed by atoms with E-state index in [1.54, 1.807) is 12.1 Å². The number of hydrogen-bond acceptors (Lipinski definition) is 3. The Morgan fingerprint density at radius 1 is 1.11 bits per heavy atom. The van der Waals surface area contributed by atoms with E-state index in [1.165, 1.54) is 24.4 Å². The van der Waals surface area contributed by atoms with Crippen molar-refractivity contribution in [2.75, 3.05) is 6.54 Å². The molecule has 0 fully saturated rings. The van der Waals surface area contributed by atoms with E-state index in [2.05, 4.69) is 19.2 Å². The van der Waals surface area contributed by atoms with Crippen LogP contribution in [0, 0.1) is 11.7 Å². The van der Waals surface area contributed by atoms with Gasteiger partial charge in [-0.15, -0.1) is 0 Å². The Balaban J connectivity index is 2.27. The first-order valence-corrected chi connectivity index (χ1v) is 9.72. The standard InChI is InChI=1S/C22H27FN2O3/c1-3-5-8-16(4-2)15-24-22(28)20(25-14-7-6-9-19(25)26)21(27)17-10-12-18(23)13-11-17/h6-7,9-14,16,20H,3-5,8,15H2,1-2H3,(H,24,28). The Morgan fingerprint density at radius 3 is 2.43 bits per heavy atom. The highest BCUT2D eigenvalue weighted by Crippen LogP contribution is 2.16. The molecule has 1 aromatic heterocycles. The number of rotatable bonds is 10. The summed E-state index contributed by atoms with van der Waals surface area (Å²) in [5, 5.41) is 2.84. The first kappa shape index (κ1) is 21.5. The average Bonchev–Trinajstić information content (AvgIpc) is 2.70. The summed E-state index contributed by atoms with van der Waals surface area (Å²) in [5.74, 6) is -1.24. The van der Waals surface area contributed by atoms with Crippen molar-refractivity contribution in [2.45, 2.75) is 45.6 Å². The Bertz CT molecular complexity index is 845. The molecule has 1 N–H and O–H groups in total. The van der Waals surface area contributed by atoms with E-state index in [-0.39, 0.29) is 5.56 Å². The van der Waals surface area contributed by atoms with Gasteiger partial charge in [0.2, 0.25) is 0 Å². The SMILES string of the molecule is CCCCC(CC)CNC(=O)C(C(=O)c1ccc(F)cc1)n1ccccc1=O. The van der Waals surface area contributed by atoms with Crippen LogP contribution in [0.1, 0.15) is 55.9 Å². The molecule has 2 rings (SSSR count). The van der Waals surface area contributed by atoms with Gasteiger partial charge in [-0.1, -0.05) is 39.2 Å². The van der Waals surface area contributed by atoms with Gasteiger partial charge in [-0.05, 0) is 42.7 Å². The average molecular weight is 386 g/mol. The van der Waals surface area contributed by atoms with Gasteiger partial charge in [-0.25, -0.2) is 4.39 Å². The second-order valence-corrected chi connectivity index (χ2v) is 6.88. The van der Waals surface area contributed by atoms with Crippen molar-refractivity contribution in [3.8, 4) is 0 Å². The maximum Gasteiger partial charge on any atom is 0.251 e. The molecule has 5 nitrogen and oxygen atoms in total. The third-order valence-electron chi connectivity index (χ3n) is 4.86. The molecule has 0 spiro atoms. The molecule has 0 aliphatic rings. The molecule has 150 valence electrons. The Hall–Kier alpha value is -2.76. The Kier molecular flexibility index (Phi) is 8.11. The summed E-state index contributed by atoms with van der Waals surface area (Å²) in [5.41, 5.74) is -0.272. The number of unbranched alkanes of at least 4 members (excludes halogenated alkanes) is 1. The van der Waals surface area contributed by atoms with Crippen molar-refractivity contribution in [1.82, 2.24) is 9.88 Å². The predicted octanol–water partition coefficient (Wildman–Crippen LogP) is 3.74. The third-order valence-corrected chi connectivity index (χ3v) is 4.86. The smallest absolute Gasteiger partial charge is 0.251 e. The number of nitrogens with zero attached hydrogens (tertiary/aromatic N) is 1. The molecule has 0 radical (unpaired) electrons. The Labute approximate surface area is 164 Å². The van der Waals surface area contributed by atoms with Gasteiger partial charge < -0.3 is 5.32 Å². The van der Waals surface area contributed by atoms with Crippen LogP contribution in [0.5, 0.6) is 0 Å². The van der Waals surface area contributed by atoms with Gasteiger partial charge in [-0.2, -0.15) is 0 Å². The van der Waals surface area contributed by atoms with Crippen LogP contribution in [0.2, 0.25) is 0 Å². The number of carbonyl (C=O) groups excluding carboxylic acids is 2. The van der Waals surface area contributed by atoms with Gasteiger partial charge in [0, 0.05) is 24.4 Å². The zero-order chi connectivity index (χ0) is 20.5. The highest BCUT2D eigenvalue weighted by atomic mass is 19.1. The number of benzene rings is 1. The van der Waals surface area contributed by atoms with Crippen LogP contribution in [-0.2, 0) is 4.79 Å². The van der Waals surface area contributed by atoms with E-state index in [9.17, 15) is 18.8 Å². The zero-order valence-corrected chi connectivity index (χ0v) is 16.4. The number of carbonyl (C=O) groups is 2. The number of amides is 1. The second-order valence-electron chi connectivity index (χ2n) is 6.88. The summed E-state index contributed by atoms with van der Waals surface area (Å²) >= 11 is 0. The summed E-state index contributed by atoms with van der Waals surface area (Å²) in [6, 6.07) is 8.08. The molecular weight excluding hydrogens is 359 g/mol. The van der Waals surface area contributed by atoms with Gasteiger partial charge in [-0.3, -0.25) is 19.0 Å². The molecule has 2 atom stereocenters. The van der Waals surface area contributed by atoms with Crippen molar-refractivity contribution >= 4 is 11.7 Å². The Morgan fingerprint density at radius 2 is 1.82 bits per heavy atom. The third kappa shape index (κ3) is 5.62. The number of hydrogen-bond donors (Lipinski definition) is 1. The fourth-order valence-corrected chi connectivity index (χ4v) is 3.08. The lowest BCUT2D eigenvalue weighted by atomic mass is 9.98. The van der Waals surface area contributed by atoms with E-state index >= 15 is 0 Å². The molecular formula is C22H27FN2O3. The van der Waals surface area contributed by atoms with Crippen molar-refractivity contribution in [3.05, 3.63) is 70.4 Å². The summed E-state index contributed by atoms with van der Waals surface area (Å²) in [6.45, 7) is 4.63. The molecule has 1 amide bonds. The molecule has 0 aliphatic carbocycles. The molecule has 28 heavy (non-hydrogen) atoms. The number of nitrogens with one attached hydrogen (secondary N) is 1. The van der Waals surface area contributed by atoms with Crippen LogP contribution in [0.4, 0.5) is 4.39 Å². The van der Waals surface area contributed by atoms with Crippen LogP contribution in [0.3, 0.4) is 0 Å². The van der Waals surface area contributed by atoms with Crippen molar-refractivity contribution < 1.29 is 14.0 Å². The van der Waals surface area contributed by atoms with E-state index in [4.69, 9.17) is 0 Å². The quantitative estimate of drug-likeness (QED) is 0.500. The van der Waals surface area contributed by atoms with Gasteiger partial charge in [0.25, 0.3) is 11.5 Å². The number of pyridine rings is 1. The minimum Gasteiger partial charge on any atom is -0.354 e. The number of halogens is 1. The minimum absolute atomic E-state index is 0.176. The number of ketones is 1. The molecule has 1 aromatic carbocycles. The maximum absolute atomic E-state index is 13.2. The maximum atomic E-state index is 13.2. The molecule has 0 saturated heterocycles. The van der Waals surface area contributed by atoms with Crippen LogP contribution in [-0.4, -0.2) is 22.8 Å². The molecule has 0 aliphatic heterocycles. The molecule has 2 aromatic rings. The van der Waals surface area contributed by atoms with Crippen LogP contribution in [0.25, 0.3) is 0 Å². The summed E-state index contributed by atoms with van der Waals surface area (Å²) < 4.78 is 14.3. The van der Waals surface area contributed by atoms with E-state index < -0.39 is 29.1 Å². The van der Waals surface area contributed by atoms with E-state index in [1.807, 2.05) is 0 Å². The highest BCUT2D eigenvalue weighted by molar-refractivity contribution is 6.11. The van der Waals surface area contributed by atoms with Crippen molar-refractivity contribution in [1.29, 1.82) is 0 Å². The second kappa shape index (κ2) is 10.5. The molecule has 0 saturated carbocycles. The number of Topliss-reactive ketones (excluding diaryl/α,β-unsaturated/α-hetero) is 1. The van der Waals surface area contributed by atoms with Gasteiger partial charge >= 0.3 is 0 Å². The van der Waals surface area contributed by atoms with E-state index in [0.717, 1.165) is 42.4 Å². The van der Waals surface area contributed by atoms with Gasteiger partial charge in [0.1, 0.15) is 5.82 Å². The summed E-state index contributed by atoms with van der Waals surface area (Å²) in [7, 11) is 0. The normalized spacial score (nSPS) is 13.0. The fourth-order valence-electron chi connectivity index (χ4n) is 3.08. The summed E-state index contributed by atoms with van der Waals surface area (Å²) in [4.78, 5) is 38.2. The molecule has 1 heterocycles. The first-order chi connectivity index (χ1) is 13.5. The van der Waals surface area contributed by atoms with Crippen LogP contribution >= 0.6 is 0 Å². The van der Waals surface area contributed by atoms with Gasteiger partial charge in [0.05, 0.1) is 0 Å². The molecule has 2 unspecified atom stereocenters. The molecule has 0 bridgehead atoms. The largest absolute Gasteiger partial charge is 0.354 e. The lowest BCUT2D eigenvalue weighted by Gasteiger charge is -2.21.